The number of phenols is 1. The van der Waals surface area contributed by atoms with Crippen LogP contribution in [-0.2, 0) is 5.75 Å². The first-order valence-electron chi connectivity index (χ1n) is 8.14. The largest absolute Gasteiger partial charge is 0.508 e. The van der Waals surface area contributed by atoms with Gasteiger partial charge in [-0.15, -0.1) is 10.2 Å². The third kappa shape index (κ3) is 3.81. The first-order chi connectivity index (χ1) is 13.1. The highest BCUT2D eigenvalue weighted by atomic mass is 32.2. The number of hydrogen-bond donors (Lipinski definition) is 2. The van der Waals surface area contributed by atoms with E-state index in [1.807, 2.05) is 30.3 Å². The van der Waals surface area contributed by atoms with E-state index in [9.17, 15) is 9.90 Å². The number of nitrogens with one attached hydrogen (secondary N) is 1. The van der Waals surface area contributed by atoms with Crippen molar-refractivity contribution < 1.29 is 9.52 Å². The van der Waals surface area contributed by atoms with Gasteiger partial charge in [-0.05, 0) is 36.8 Å². The van der Waals surface area contributed by atoms with E-state index < -0.39 is 5.63 Å². The van der Waals surface area contributed by atoms with Crippen molar-refractivity contribution >= 4 is 44.9 Å². The highest BCUT2D eigenvalue weighted by Crippen LogP contribution is 2.33. The summed E-state index contributed by atoms with van der Waals surface area (Å²) in [5.41, 5.74) is 2.33. The van der Waals surface area contributed by atoms with Crippen LogP contribution in [0.2, 0.25) is 0 Å². The van der Waals surface area contributed by atoms with Crippen LogP contribution in [0.25, 0.3) is 11.0 Å². The van der Waals surface area contributed by atoms with Gasteiger partial charge in [0.15, 0.2) is 4.34 Å². The Kier molecular flexibility index (Phi) is 4.83. The van der Waals surface area contributed by atoms with Crippen molar-refractivity contribution in [1.29, 1.82) is 0 Å². The van der Waals surface area contributed by atoms with Crippen LogP contribution in [0, 0.1) is 6.92 Å². The Hall–Kier alpha value is -2.84. The molecule has 0 saturated heterocycles. The van der Waals surface area contributed by atoms with Crippen LogP contribution < -0.4 is 10.9 Å². The molecule has 8 heteroatoms. The zero-order valence-electron chi connectivity index (χ0n) is 14.3. The maximum absolute atomic E-state index is 11.9. The van der Waals surface area contributed by atoms with Gasteiger partial charge in [-0.2, -0.15) is 0 Å². The fraction of sp³-hybridized carbons (Fsp3) is 0.105. The lowest BCUT2D eigenvalue weighted by atomic mass is 10.1. The van der Waals surface area contributed by atoms with Crippen molar-refractivity contribution in [1.82, 2.24) is 10.2 Å². The maximum Gasteiger partial charge on any atom is 0.336 e. The number of anilines is 2. The molecule has 2 N–H and O–H groups in total. The molecular weight excluding hydrogens is 382 g/mol. The SMILES string of the molecule is Cc1c(O)ccc2c(CSc3nnc(Nc4ccccc4)s3)cc(=O)oc12. The minimum atomic E-state index is -0.435. The number of para-hydroxylation sites is 1. The predicted molar refractivity (Wildman–Crippen MR) is 108 cm³/mol. The number of benzene rings is 2. The van der Waals surface area contributed by atoms with E-state index in [0.717, 1.165) is 21.0 Å². The van der Waals surface area contributed by atoms with Gasteiger partial charge >= 0.3 is 5.63 Å². The normalized spacial score (nSPS) is 11.0. The predicted octanol–water partition coefficient (Wildman–Crippen LogP) is 4.69. The van der Waals surface area contributed by atoms with Gasteiger partial charge in [0.25, 0.3) is 0 Å². The van der Waals surface area contributed by atoms with Crippen LogP contribution in [-0.4, -0.2) is 15.3 Å². The van der Waals surface area contributed by atoms with Crippen LogP contribution >= 0.6 is 23.1 Å². The first-order valence-corrected chi connectivity index (χ1v) is 9.94. The minimum Gasteiger partial charge on any atom is -0.508 e. The van der Waals surface area contributed by atoms with E-state index in [-0.39, 0.29) is 5.75 Å². The van der Waals surface area contributed by atoms with Crippen LogP contribution in [0.15, 0.2) is 62.1 Å². The van der Waals surface area contributed by atoms with Crippen LogP contribution in [0.5, 0.6) is 5.75 Å². The van der Waals surface area contributed by atoms with Crippen LogP contribution in [0.4, 0.5) is 10.8 Å². The van der Waals surface area contributed by atoms with Gasteiger partial charge in [0.2, 0.25) is 5.13 Å². The third-order valence-electron chi connectivity index (χ3n) is 4.00. The van der Waals surface area contributed by atoms with E-state index in [2.05, 4.69) is 15.5 Å². The molecule has 136 valence electrons. The summed E-state index contributed by atoms with van der Waals surface area (Å²) in [6.45, 7) is 1.73. The number of rotatable bonds is 5. The van der Waals surface area contributed by atoms with E-state index in [4.69, 9.17) is 4.42 Å². The highest BCUT2D eigenvalue weighted by molar-refractivity contribution is 8.00. The molecule has 0 bridgehead atoms. The Balaban J connectivity index is 1.54. The number of nitrogens with zero attached hydrogens (tertiary/aromatic N) is 2. The molecule has 0 saturated carbocycles. The number of hydrogen-bond acceptors (Lipinski definition) is 8. The van der Waals surface area contributed by atoms with Gasteiger partial charge in [-0.3, -0.25) is 0 Å². The average Bonchev–Trinajstić information content (AvgIpc) is 3.11. The lowest BCUT2D eigenvalue weighted by Crippen LogP contribution is -2.00. The van der Waals surface area contributed by atoms with E-state index in [1.54, 1.807) is 19.1 Å². The summed E-state index contributed by atoms with van der Waals surface area (Å²) >= 11 is 2.95. The van der Waals surface area contributed by atoms with E-state index in [0.29, 0.717) is 22.0 Å². The zero-order valence-corrected chi connectivity index (χ0v) is 15.9. The monoisotopic (exact) mass is 397 g/mol. The molecule has 6 nitrogen and oxygen atoms in total. The molecule has 0 amide bonds. The first kappa shape index (κ1) is 17.6. The molecule has 4 aromatic rings. The van der Waals surface area contributed by atoms with Gasteiger partial charge in [0.05, 0.1) is 0 Å². The molecule has 0 aliphatic carbocycles. The number of aromatic nitrogens is 2. The Morgan fingerprint density at radius 3 is 2.81 bits per heavy atom. The molecule has 2 heterocycles. The second-order valence-corrected chi connectivity index (χ2v) is 8.03. The Morgan fingerprint density at radius 1 is 1.19 bits per heavy atom. The van der Waals surface area contributed by atoms with Crippen LogP contribution in [0.3, 0.4) is 0 Å². The van der Waals surface area contributed by atoms with Gasteiger partial charge in [0.1, 0.15) is 11.3 Å². The molecule has 0 aliphatic heterocycles. The van der Waals surface area contributed by atoms with Crippen molar-refractivity contribution in [2.24, 2.45) is 0 Å². The van der Waals surface area contributed by atoms with Gasteiger partial charge in [0, 0.05) is 28.5 Å². The summed E-state index contributed by atoms with van der Waals surface area (Å²) in [5, 5.41) is 22.9. The molecule has 0 fully saturated rings. The highest BCUT2D eigenvalue weighted by Gasteiger charge is 2.12. The molecule has 2 aromatic heterocycles. The quantitative estimate of drug-likeness (QED) is 0.373. The fourth-order valence-corrected chi connectivity index (χ4v) is 4.40. The molecule has 0 aliphatic rings. The second kappa shape index (κ2) is 7.42. The lowest BCUT2D eigenvalue weighted by Gasteiger charge is -2.07. The number of aryl methyl sites for hydroxylation is 1. The number of thioether (sulfide) groups is 1. The van der Waals surface area contributed by atoms with Crippen molar-refractivity contribution in [3.63, 3.8) is 0 Å². The molecule has 0 radical (unpaired) electrons. The third-order valence-corrected chi connectivity index (χ3v) is 6.02. The Morgan fingerprint density at radius 2 is 2.00 bits per heavy atom. The van der Waals surface area contributed by atoms with E-state index >= 15 is 0 Å². The fourth-order valence-electron chi connectivity index (χ4n) is 2.64. The standard InChI is InChI=1S/C19H15N3O3S2/c1-11-15(23)8-7-14-12(9-16(24)25-17(11)14)10-26-19-22-21-18(27-19)20-13-5-3-2-4-6-13/h2-9,23H,10H2,1H3,(H,20,21). The number of phenolic OH excluding ortho intramolecular Hbond substituents is 1. The van der Waals surface area contributed by atoms with E-state index in [1.165, 1.54) is 29.2 Å². The summed E-state index contributed by atoms with van der Waals surface area (Å²) in [5.74, 6) is 0.655. The zero-order chi connectivity index (χ0) is 18.8. The van der Waals surface area contributed by atoms with Gasteiger partial charge in [-0.25, -0.2) is 4.79 Å². The molecular formula is C19H15N3O3S2. The molecule has 0 spiro atoms. The van der Waals surface area contributed by atoms with Crippen molar-refractivity contribution in [3.8, 4) is 5.75 Å². The summed E-state index contributed by atoms with van der Waals surface area (Å²) in [4.78, 5) is 11.9. The van der Waals surface area contributed by atoms with Crippen molar-refractivity contribution in [2.75, 3.05) is 5.32 Å². The average molecular weight is 397 g/mol. The summed E-state index contributed by atoms with van der Waals surface area (Å²) < 4.78 is 6.07. The molecule has 4 rings (SSSR count). The Bertz CT molecular complexity index is 1160. The Labute approximate surface area is 162 Å². The molecule has 2 aromatic carbocycles. The number of aromatic hydroxyl groups is 1. The van der Waals surface area contributed by atoms with Crippen LogP contribution in [0.1, 0.15) is 11.1 Å². The smallest absolute Gasteiger partial charge is 0.336 e. The summed E-state index contributed by atoms with van der Waals surface area (Å²) in [6, 6.07) is 14.6. The molecule has 0 unspecified atom stereocenters. The number of fused-ring (bicyclic) bond motifs is 1. The molecule has 27 heavy (non-hydrogen) atoms. The lowest BCUT2D eigenvalue weighted by molar-refractivity contribution is 0.468. The topological polar surface area (TPSA) is 88.3 Å². The second-order valence-electron chi connectivity index (χ2n) is 5.83. The minimum absolute atomic E-state index is 0.108. The molecule has 0 atom stereocenters. The summed E-state index contributed by atoms with van der Waals surface area (Å²) in [6.07, 6.45) is 0. The van der Waals surface area contributed by atoms with Crippen molar-refractivity contribution in [3.05, 3.63) is 70.1 Å². The summed E-state index contributed by atoms with van der Waals surface area (Å²) in [7, 11) is 0. The maximum atomic E-state index is 11.9. The van der Waals surface area contributed by atoms with Crippen molar-refractivity contribution in [2.45, 2.75) is 17.0 Å². The van der Waals surface area contributed by atoms with Gasteiger partial charge < -0.3 is 14.8 Å². The van der Waals surface area contributed by atoms with Gasteiger partial charge in [-0.1, -0.05) is 41.3 Å².